The van der Waals surface area contributed by atoms with E-state index in [-0.39, 0.29) is 35.9 Å². The molecule has 33 heavy (non-hydrogen) atoms. The van der Waals surface area contributed by atoms with Gasteiger partial charge in [-0.1, -0.05) is 18.2 Å². The standard InChI is InChI=1S/C25H28N4O4/c1-16-7-8-22(33-2)21(13-16)28-15-17(14-23(28)30)24(31)27-11-9-18(10-12-27)29-20-6-4-3-5-19(20)26-25(29)32/h3-8,13,17-18H,9-12,14-15H2,1-2H3,(H,26,32). The molecule has 172 valence electrons. The lowest BCUT2D eigenvalue weighted by atomic mass is 10.0. The second-order valence-electron chi connectivity index (χ2n) is 8.95. The van der Waals surface area contributed by atoms with Crippen molar-refractivity contribution in [2.75, 3.05) is 31.6 Å². The number of rotatable bonds is 4. The predicted molar refractivity (Wildman–Crippen MR) is 126 cm³/mol. The van der Waals surface area contributed by atoms with Gasteiger partial charge in [-0.2, -0.15) is 0 Å². The smallest absolute Gasteiger partial charge is 0.326 e. The third-order valence-electron chi connectivity index (χ3n) is 6.86. The number of likely N-dealkylation sites (tertiary alicyclic amines) is 1. The fraction of sp³-hybridized carbons (Fsp3) is 0.400. The summed E-state index contributed by atoms with van der Waals surface area (Å²) < 4.78 is 7.26. The minimum atomic E-state index is -0.366. The number of H-pyrrole nitrogens is 1. The summed E-state index contributed by atoms with van der Waals surface area (Å²) in [5.41, 5.74) is 3.37. The van der Waals surface area contributed by atoms with Crippen LogP contribution in [0.4, 0.5) is 5.69 Å². The summed E-state index contributed by atoms with van der Waals surface area (Å²) in [5, 5.41) is 0. The number of nitrogens with zero attached hydrogens (tertiary/aromatic N) is 3. The second-order valence-corrected chi connectivity index (χ2v) is 8.95. The van der Waals surface area contributed by atoms with Crippen LogP contribution >= 0.6 is 0 Å². The van der Waals surface area contributed by atoms with Gasteiger partial charge in [-0.25, -0.2) is 4.79 Å². The van der Waals surface area contributed by atoms with Gasteiger partial charge in [-0.05, 0) is 49.6 Å². The van der Waals surface area contributed by atoms with Crippen LogP contribution in [-0.2, 0) is 9.59 Å². The summed E-state index contributed by atoms with van der Waals surface area (Å²) in [7, 11) is 1.58. The Kier molecular flexibility index (Phi) is 5.44. The van der Waals surface area contributed by atoms with E-state index in [1.54, 1.807) is 12.0 Å². The highest BCUT2D eigenvalue weighted by Gasteiger charge is 2.39. The number of fused-ring (bicyclic) bond motifs is 1. The molecule has 5 rings (SSSR count). The van der Waals surface area contributed by atoms with E-state index in [1.165, 1.54) is 0 Å². The maximum Gasteiger partial charge on any atom is 0.326 e. The highest BCUT2D eigenvalue weighted by Crippen LogP contribution is 2.35. The Balaban J connectivity index is 1.27. The van der Waals surface area contributed by atoms with E-state index in [9.17, 15) is 14.4 Å². The minimum absolute atomic E-state index is 0.0159. The number of methoxy groups -OCH3 is 1. The molecule has 2 amide bonds. The molecule has 1 unspecified atom stereocenters. The normalized spacial score (nSPS) is 19.5. The number of amides is 2. The third-order valence-corrected chi connectivity index (χ3v) is 6.86. The molecule has 0 spiro atoms. The molecule has 8 heteroatoms. The van der Waals surface area contributed by atoms with Crippen molar-refractivity contribution < 1.29 is 14.3 Å². The average Bonchev–Trinajstić information content (AvgIpc) is 3.37. The first kappa shape index (κ1) is 21.3. The van der Waals surface area contributed by atoms with Crippen LogP contribution in [0.3, 0.4) is 0 Å². The zero-order valence-electron chi connectivity index (χ0n) is 18.9. The highest BCUT2D eigenvalue weighted by molar-refractivity contribution is 6.01. The van der Waals surface area contributed by atoms with E-state index in [0.717, 1.165) is 22.3 Å². The van der Waals surface area contributed by atoms with E-state index in [1.807, 2.05) is 58.9 Å². The zero-order valence-corrected chi connectivity index (χ0v) is 18.9. The van der Waals surface area contributed by atoms with Crippen molar-refractivity contribution in [1.82, 2.24) is 14.5 Å². The molecule has 2 aliphatic rings. The first-order valence-electron chi connectivity index (χ1n) is 11.4. The number of imidazole rings is 1. The molecule has 0 saturated carbocycles. The number of hydrogen-bond donors (Lipinski definition) is 1. The van der Waals surface area contributed by atoms with Crippen molar-refractivity contribution in [1.29, 1.82) is 0 Å². The fourth-order valence-corrected chi connectivity index (χ4v) is 5.16. The zero-order chi connectivity index (χ0) is 23.1. The second kappa shape index (κ2) is 8.42. The van der Waals surface area contributed by atoms with Crippen LogP contribution in [0.25, 0.3) is 11.0 Å². The Morgan fingerprint density at radius 3 is 2.61 bits per heavy atom. The van der Waals surface area contributed by atoms with Crippen LogP contribution in [0.15, 0.2) is 47.3 Å². The van der Waals surface area contributed by atoms with Crippen LogP contribution < -0.4 is 15.3 Å². The molecular weight excluding hydrogens is 420 g/mol. The van der Waals surface area contributed by atoms with Gasteiger partial charge in [0.25, 0.3) is 0 Å². The van der Waals surface area contributed by atoms with Gasteiger partial charge >= 0.3 is 5.69 Å². The van der Waals surface area contributed by atoms with Gasteiger partial charge in [0.05, 0.1) is 29.7 Å². The average molecular weight is 449 g/mol. The molecule has 2 fully saturated rings. The Labute approximate surface area is 191 Å². The van der Waals surface area contributed by atoms with Crippen LogP contribution in [0.1, 0.15) is 30.9 Å². The van der Waals surface area contributed by atoms with E-state index in [2.05, 4.69) is 4.98 Å². The molecule has 1 atom stereocenters. The van der Waals surface area contributed by atoms with Crippen molar-refractivity contribution in [3.63, 3.8) is 0 Å². The predicted octanol–water partition coefficient (Wildman–Crippen LogP) is 2.86. The summed E-state index contributed by atoms with van der Waals surface area (Å²) in [4.78, 5) is 45.0. The summed E-state index contributed by atoms with van der Waals surface area (Å²) in [6.45, 7) is 3.48. The van der Waals surface area contributed by atoms with E-state index < -0.39 is 0 Å². The molecule has 2 aliphatic heterocycles. The lowest BCUT2D eigenvalue weighted by Crippen LogP contribution is -2.43. The molecule has 1 N–H and O–H groups in total. The number of para-hydroxylation sites is 2. The summed E-state index contributed by atoms with van der Waals surface area (Å²) in [6.07, 6.45) is 1.63. The van der Waals surface area contributed by atoms with E-state index in [4.69, 9.17) is 4.74 Å². The fourth-order valence-electron chi connectivity index (χ4n) is 5.16. The Bertz CT molecular complexity index is 1270. The highest BCUT2D eigenvalue weighted by atomic mass is 16.5. The SMILES string of the molecule is COc1ccc(C)cc1N1CC(C(=O)N2CCC(n3c(=O)[nH]c4ccccc43)CC2)CC1=O. The number of anilines is 1. The number of carbonyl (C=O) groups excluding carboxylic acids is 2. The quantitative estimate of drug-likeness (QED) is 0.665. The maximum atomic E-state index is 13.3. The van der Waals surface area contributed by atoms with Gasteiger partial charge in [0, 0.05) is 32.1 Å². The van der Waals surface area contributed by atoms with Crippen molar-refractivity contribution in [3.05, 3.63) is 58.5 Å². The molecule has 2 aromatic carbocycles. The molecule has 8 nitrogen and oxygen atoms in total. The van der Waals surface area contributed by atoms with Crippen molar-refractivity contribution >= 4 is 28.5 Å². The number of piperidine rings is 1. The van der Waals surface area contributed by atoms with Crippen LogP contribution in [0.5, 0.6) is 5.75 Å². The van der Waals surface area contributed by atoms with Crippen molar-refractivity contribution in [3.8, 4) is 5.75 Å². The molecule has 0 bridgehead atoms. The van der Waals surface area contributed by atoms with Gasteiger partial charge in [-0.3, -0.25) is 14.2 Å². The number of aryl methyl sites for hydroxylation is 1. The molecular formula is C25H28N4O4. The van der Waals surface area contributed by atoms with Crippen molar-refractivity contribution in [2.24, 2.45) is 5.92 Å². The first-order chi connectivity index (χ1) is 16.0. The number of aromatic nitrogens is 2. The van der Waals surface area contributed by atoms with Gasteiger partial charge in [0.1, 0.15) is 5.75 Å². The molecule has 0 radical (unpaired) electrons. The van der Waals surface area contributed by atoms with E-state index in [0.29, 0.717) is 38.2 Å². The number of hydrogen-bond acceptors (Lipinski definition) is 4. The molecule has 2 saturated heterocycles. The number of ether oxygens (including phenoxy) is 1. The van der Waals surface area contributed by atoms with Gasteiger partial charge < -0.3 is 19.5 Å². The number of benzene rings is 2. The Morgan fingerprint density at radius 1 is 1.09 bits per heavy atom. The number of aromatic amines is 1. The molecule has 3 aromatic rings. The number of carbonyl (C=O) groups is 2. The number of nitrogens with one attached hydrogen (secondary N) is 1. The van der Waals surface area contributed by atoms with Crippen LogP contribution in [0, 0.1) is 12.8 Å². The van der Waals surface area contributed by atoms with Crippen molar-refractivity contribution in [2.45, 2.75) is 32.2 Å². The summed E-state index contributed by atoms with van der Waals surface area (Å²) in [5.74, 6) is 0.224. The lowest BCUT2D eigenvalue weighted by Gasteiger charge is -2.34. The van der Waals surface area contributed by atoms with Gasteiger partial charge in [0.15, 0.2) is 0 Å². The summed E-state index contributed by atoms with van der Waals surface area (Å²) >= 11 is 0. The molecule has 3 heterocycles. The van der Waals surface area contributed by atoms with E-state index >= 15 is 0 Å². The Hall–Kier alpha value is -3.55. The van der Waals surface area contributed by atoms with Gasteiger partial charge in [-0.15, -0.1) is 0 Å². The lowest BCUT2D eigenvalue weighted by molar-refractivity contribution is -0.137. The molecule has 1 aromatic heterocycles. The largest absolute Gasteiger partial charge is 0.495 e. The van der Waals surface area contributed by atoms with Crippen LogP contribution in [-0.4, -0.2) is 53.0 Å². The minimum Gasteiger partial charge on any atom is -0.495 e. The third kappa shape index (κ3) is 3.79. The topological polar surface area (TPSA) is 87.6 Å². The Morgan fingerprint density at radius 2 is 1.85 bits per heavy atom. The molecule has 0 aliphatic carbocycles. The van der Waals surface area contributed by atoms with Gasteiger partial charge in [0.2, 0.25) is 11.8 Å². The monoisotopic (exact) mass is 448 g/mol. The maximum absolute atomic E-state index is 13.3. The van der Waals surface area contributed by atoms with Crippen LogP contribution in [0.2, 0.25) is 0 Å². The first-order valence-corrected chi connectivity index (χ1v) is 11.4. The summed E-state index contributed by atoms with van der Waals surface area (Å²) in [6, 6.07) is 13.4.